The van der Waals surface area contributed by atoms with Gasteiger partial charge in [0.2, 0.25) is 0 Å². The van der Waals surface area contributed by atoms with Crippen molar-refractivity contribution < 1.29 is 19.1 Å². The number of urea groups is 1. The minimum Gasteiger partial charge on any atom is -0.352 e. The van der Waals surface area contributed by atoms with Crippen molar-refractivity contribution in [2.75, 3.05) is 25.8 Å². The van der Waals surface area contributed by atoms with E-state index in [9.17, 15) is 9.59 Å². The zero-order chi connectivity index (χ0) is 13.8. The van der Waals surface area contributed by atoms with Gasteiger partial charge in [-0.05, 0) is 18.2 Å². The molecule has 0 spiro atoms. The standard InChI is InChI=1S/C12H13ClN2O4/c1-15(11(16)10-6-18-7-19-10)12(17)14-9-4-2-3-8(13)5-9/h2-5,10H,6-7H2,1H3,(H,14,17). The van der Waals surface area contributed by atoms with Crippen molar-refractivity contribution in [1.82, 2.24) is 4.90 Å². The number of benzene rings is 1. The summed E-state index contributed by atoms with van der Waals surface area (Å²) in [4.78, 5) is 24.7. The maximum Gasteiger partial charge on any atom is 0.328 e. The number of hydrogen-bond donors (Lipinski definition) is 1. The quantitative estimate of drug-likeness (QED) is 0.897. The largest absolute Gasteiger partial charge is 0.352 e. The third-order valence-electron chi connectivity index (χ3n) is 2.61. The first-order chi connectivity index (χ1) is 9.08. The number of anilines is 1. The second kappa shape index (κ2) is 6.01. The van der Waals surface area contributed by atoms with Crippen molar-refractivity contribution in [3.05, 3.63) is 29.3 Å². The van der Waals surface area contributed by atoms with Gasteiger partial charge >= 0.3 is 6.03 Å². The Morgan fingerprint density at radius 1 is 1.47 bits per heavy atom. The molecule has 1 heterocycles. The molecule has 0 bridgehead atoms. The number of ether oxygens (including phenoxy) is 2. The summed E-state index contributed by atoms with van der Waals surface area (Å²) in [6, 6.07) is 6.11. The molecule has 6 nitrogen and oxygen atoms in total. The minimum absolute atomic E-state index is 0.0696. The van der Waals surface area contributed by atoms with Crippen LogP contribution in [0.5, 0.6) is 0 Å². The van der Waals surface area contributed by atoms with Crippen LogP contribution in [0.4, 0.5) is 10.5 Å². The zero-order valence-corrected chi connectivity index (χ0v) is 11.0. The number of amides is 3. The molecule has 1 unspecified atom stereocenters. The normalized spacial score (nSPS) is 18.1. The van der Waals surface area contributed by atoms with Crippen molar-refractivity contribution in [1.29, 1.82) is 0 Å². The van der Waals surface area contributed by atoms with Gasteiger partial charge in [-0.15, -0.1) is 0 Å². The van der Waals surface area contributed by atoms with E-state index in [1.807, 2.05) is 0 Å². The molecule has 1 N–H and O–H groups in total. The Labute approximate surface area is 115 Å². The van der Waals surface area contributed by atoms with E-state index >= 15 is 0 Å². The molecule has 0 aromatic heterocycles. The molecule has 1 atom stereocenters. The maximum atomic E-state index is 11.9. The predicted molar refractivity (Wildman–Crippen MR) is 68.9 cm³/mol. The molecule has 1 aromatic carbocycles. The molecule has 3 amide bonds. The van der Waals surface area contributed by atoms with E-state index in [0.29, 0.717) is 10.7 Å². The summed E-state index contributed by atoms with van der Waals surface area (Å²) in [5, 5.41) is 3.07. The van der Waals surface area contributed by atoms with Crippen LogP contribution in [0.15, 0.2) is 24.3 Å². The van der Waals surface area contributed by atoms with Crippen LogP contribution in [0.3, 0.4) is 0 Å². The SMILES string of the molecule is CN(C(=O)Nc1cccc(Cl)c1)C(=O)C1COCO1. The Morgan fingerprint density at radius 3 is 2.89 bits per heavy atom. The molecule has 1 saturated heterocycles. The molecule has 1 aromatic rings. The van der Waals surface area contributed by atoms with Crippen molar-refractivity contribution in [3.8, 4) is 0 Å². The number of carbonyl (C=O) groups is 2. The van der Waals surface area contributed by atoms with Crippen LogP contribution >= 0.6 is 11.6 Å². The average molecular weight is 285 g/mol. The van der Waals surface area contributed by atoms with Gasteiger partial charge in [-0.25, -0.2) is 4.79 Å². The van der Waals surface area contributed by atoms with Crippen LogP contribution in [-0.4, -0.2) is 43.4 Å². The van der Waals surface area contributed by atoms with Gasteiger partial charge in [0, 0.05) is 17.8 Å². The summed E-state index contributed by atoms with van der Waals surface area (Å²) in [5.41, 5.74) is 0.515. The summed E-state index contributed by atoms with van der Waals surface area (Å²) >= 11 is 5.81. The maximum absolute atomic E-state index is 11.9. The van der Waals surface area contributed by atoms with E-state index < -0.39 is 18.0 Å². The third-order valence-corrected chi connectivity index (χ3v) is 2.84. The number of rotatable bonds is 2. The van der Waals surface area contributed by atoms with Crippen LogP contribution in [0, 0.1) is 0 Å². The molecule has 0 radical (unpaired) electrons. The highest BCUT2D eigenvalue weighted by Crippen LogP contribution is 2.15. The molecule has 0 aliphatic carbocycles. The minimum atomic E-state index is -0.727. The van der Waals surface area contributed by atoms with Crippen LogP contribution < -0.4 is 5.32 Å². The number of nitrogens with zero attached hydrogens (tertiary/aromatic N) is 1. The molecular weight excluding hydrogens is 272 g/mol. The first kappa shape index (κ1) is 13.8. The summed E-state index contributed by atoms with van der Waals surface area (Å²) in [6.45, 7) is 0.230. The lowest BCUT2D eigenvalue weighted by molar-refractivity contribution is -0.136. The van der Waals surface area contributed by atoms with Gasteiger partial charge in [0.1, 0.15) is 6.79 Å². The second-order valence-electron chi connectivity index (χ2n) is 3.98. The highest BCUT2D eigenvalue weighted by Gasteiger charge is 2.30. The fourth-order valence-corrected chi connectivity index (χ4v) is 1.76. The van der Waals surface area contributed by atoms with Gasteiger partial charge in [-0.3, -0.25) is 9.69 Å². The van der Waals surface area contributed by atoms with E-state index in [1.165, 1.54) is 7.05 Å². The Balaban J connectivity index is 1.97. The molecule has 7 heteroatoms. The van der Waals surface area contributed by atoms with E-state index in [2.05, 4.69) is 5.32 Å². The van der Waals surface area contributed by atoms with Crippen LogP contribution in [-0.2, 0) is 14.3 Å². The molecule has 1 aliphatic rings. The first-order valence-corrected chi connectivity index (χ1v) is 5.99. The average Bonchev–Trinajstić information content (AvgIpc) is 2.90. The van der Waals surface area contributed by atoms with Crippen LogP contribution in [0.1, 0.15) is 0 Å². The number of halogens is 1. The second-order valence-corrected chi connectivity index (χ2v) is 4.42. The summed E-state index contributed by atoms with van der Waals surface area (Å²) < 4.78 is 9.96. The Hall–Kier alpha value is -1.63. The molecule has 0 saturated carbocycles. The van der Waals surface area contributed by atoms with Gasteiger partial charge in [-0.2, -0.15) is 0 Å². The number of carbonyl (C=O) groups excluding carboxylic acids is 2. The lowest BCUT2D eigenvalue weighted by Gasteiger charge is -2.18. The molecule has 1 aliphatic heterocycles. The Morgan fingerprint density at radius 2 is 2.26 bits per heavy atom. The summed E-state index contributed by atoms with van der Waals surface area (Å²) in [5.74, 6) is -0.447. The Bertz CT molecular complexity index is 488. The van der Waals surface area contributed by atoms with Crippen molar-refractivity contribution in [3.63, 3.8) is 0 Å². The monoisotopic (exact) mass is 284 g/mol. The number of nitrogens with one attached hydrogen (secondary N) is 1. The smallest absolute Gasteiger partial charge is 0.328 e. The van der Waals surface area contributed by atoms with E-state index in [4.69, 9.17) is 21.1 Å². The van der Waals surface area contributed by atoms with Gasteiger partial charge in [-0.1, -0.05) is 17.7 Å². The fourth-order valence-electron chi connectivity index (χ4n) is 1.57. The third kappa shape index (κ3) is 3.44. The topological polar surface area (TPSA) is 67.9 Å². The van der Waals surface area contributed by atoms with Gasteiger partial charge in [0.15, 0.2) is 6.10 Å². The molecule has 2 rings (SSSR count). The molecule has 102 valence electrons. The summed E-state index contributed by atoms with van der Waals surface area (Å²) in [6.07, 6.45) is -0.727. The number of likely N-dealkylation sites (N-methyl/N-ethyl adjacent to an activating group) is 1. The van der Waals surface area contributed by atoms with E-state index in [1.54, 1.807) is 24.3 Å². The number of imide groups is 1. The zero-order valence-electron chi connectivity index (χ0n) is 10.3. The molecular formula is C12H13ClN2O4. The van der Waals surface area contributed by atoms with Crippen LogP contribution in [0.2, 0.25) is 5.02 Å². The Kier molecular flexibility index (Phi) is 4.36. The van der Waals surface area contributed by atoms with E-state index in [0.717, 1.165) is 4.90 Å². The fraction of sp³-hybridized carbons (Fsp3) is 0.333. The van der Waals surface area contributed by atoms with Gasteiger partial charge < -0.3 is 14.8 Å². The number of hydrogen-bond acceptors (Lipinski definition) is 4. The van der Waals surface area contributed by atoms with Crippen molar-refractivity contribution in [2.45, 2.75) is 6.10 Å². The van der Waals surface area contributed by atoms with Crippen LogP contribution in [0.25, 0.3) is 0 Å². The van der Waals surface area contributed by atoms with Gasteiger partial charge in [0.05, 0.1) is 6.61 Å². The predicted octanol–water partition coefficient (Wildman–Crippen LogP) is 1.70. The van der Waals surface area contributed by atoms with Crippen molar-refractivity contribution >= 4 is 29.2 Å². The lowest BCUT2D eigenvalue weighted by Crippen LogP contribution is -2.43. The van der Waals surface area contributed by atoms with Crippen molar-refractivity contribution in [2.24, 2.45) is 0 Å². The summed E-state index contributed by atoms with van der Waals surface area (Å²) in [7, 11) is 1.38. The highest BCUT2D eigenvalue weighted by molar-refractivity contribution is 6.30. The molecule has 19 heavy (non-hydrogen) atoms. The first-order valence-electron chi connectivity index (χ1n) is 5.61. The molecule has 1 fully saturated rings. The van der Waals surface area contributed by atoms with Gasteiger partial charge in [0.25, 0.3) is 5.91 Å². The lowest BCUT2D eigenvalue weighted by atomic mass is 10.3. The highest BCUT2D eigenvalue weighted by atomic mass is 35.5. The van der Waals surface area contributed by atoms with E-state index in [-0.39, 0.29) is 13.4 Å².